The molecule has 0 aliphatic rings. The monoisotopic (exact) mass is 284 g/mol. The summed E-state index contributed by atoms with van der Waals surface area (Å²) < 4.78 is 26.8. The summed E-state index contributed by atoms with van der Waals surface area (Å²) in [6, 6.07) is 3.51. The van der Waals surface area contributed by atoms with E-state index >= 15 is 0 Å². The van der Waals surface area contributed by atoms with Gasteiger partial charge < -0.3 is 5.73 Å². The Labute approximate surface area is 121 Å². The highest BCUT2D eigenvalue weighted by molar-refractivity contribution is 5.22. The first-order valence-electron chi connectivity index (χ1n) is 7.23. The molecule has 0 heterocycles. The number of nitrogens with zero attached hydrogens (tertiary/aromatic N) is 1. The van der Waals surface area contributed by atoms with E-state index in [4.69, 9.17) is 5.73 Å². The second-order valence-corrected chi connectivity index (χ2v) is 6.20. The van der Waals surface area contributed by atoms with E-state index in [0.29, 0.717) is 23.9 Å². The Bertz CT molecular complexity index is 389. The summed E-state index contributed by atoms with van der Waals surface area (Å²) in [5, 5.41) is 0. The summed E-state index contributed by atoms with van der Waals surface area (Å²) in [7, 11) is 0. The molecule has 0 saturated carbocycles. The van der Waals surface area contributed by atoms with Gasteiger partial charge in [-0.3, -0.25) is 4.90 Å². The summed E-state index contributed by atoms with van der Waals surface area (Å²) >= 11 is 0. The zero-order chi connectivity index (χ0) is 15.3. The fourth-order valence-electron chi connectivity index (χ4n) is 2.53. The summed E-state index contributed by atoms with van der Waals surface area (Å²) in [6.45, 7) is 10.6. The van der Waals surface area contributed by atoms with Crippen LogP contribution in [0.15, 0.2) is 18.2 Å². The fourth-order valence-corrected chi connectivity index (χ4v) is 2.53. The van der Waals surface area contributed by atoms with Gasteiger partial charge in [-0.2, -0.15) is 0 Å². The summed E-state index contributed by atoms with van der Waals surface area (Å²) in [5.74, 6) is -0.151. The van der Waals surface area contributed by atoms with Crippen LogP contribution in [0.2, 0.25) is 0 Å². The van der Waals surface area contributed by atoms with Gasteiger partial charge >= 0.3 is 0 Å². The van der Waals surface area contributed by atoms with E-state index in [0.717, 1.165) is 19.2 Å². The standard InChI is InChI=1S/C16H26F2N2/c1-11(2)9-20(10-12(3)4)16(8-19)13-5-14(17)7-15(18)6-13/h5-7,11-12,16H,8-10,19H2,1-4H3. The van der Waals surface area contributed by atoms with Crippen LogP contribution in [0.3, 0.4) is 0 Å². The molecule has 0 saturated heterocycles. The Morgan fingerprint density at radius 1 is 0.950 bits per heavy atom. The Morgan fingerprint density at radius 2 is 1.40 bits per heavy atom. The Hall–Kier alpha value is -1.00. The summed E-state index contributed by atoms with van der Waals surface area (Å²) in [4.78, 5) is 2.23. The van der Waals surface area contributed by atoms with Crippen LogP contribution in [0.4, 0.5) is 8.78 Å². The highest BCUT2D eigenvalue weighted by atomic mass is 19.1. The van der Waals surface area contributed by atoms with Crippen molar-refractivity contribution in [1.29, 1.82) is 0 Å². The molecule has 1 atom stereocenters. The first kappa shape index (κ1) is 17.1. The van der Waals surface area contributed by atoms with Gasteiger partial charge in [0, 0.05) is 31.7 Å². The fraction of sp³-hybridized carbons (Fsp3) is 0.625. The molecular formula is C16H26F2N2. The lowest BCUT2D eigenvalue weighted by Gasteiger charge is -2.34. The lowest BCUT2D eigenvalue weighted by Crippen LogP contribution is -2.38. The van der Waals surface area contributed by atoms with Crippen molar-refractivity contribution in [2.75, 3.05) is 19.6 Å². The van der Waals surface area contributed by atoms with Crippen LogP contribution in [0.1, 0.15) is 39.3 Å². The molecule has 114 valence electrons. The lowest BCUT2D eigenvalue weighted by atomic mass is 10.0. The second kappa shape index (κ2) is 7.70. The van der Waals surface area contributed by atoms with Gasteiger partial charge in [0.15, 0.2) is 0 Å². The Morgan fingerprint density at radius 3 is 1.75 bits per heavy atom. The molecule has 0 spiro atoms. The van der Waals surface area contributed by atoms with E-state index in [9.17, 15) is 8.78 Å². The SMILES string of the molecule is CC(C)CN(CC(C)C)C(CN)c1cc(F)cc(F)c1. The number of rotatable bonds is 7. The molecule has 1 aromatic rings. The van der Waals surface area contributed by atoms with Crippen molar-refractivity contribution in [2.24, 2.45) is 17.6 Å². The van der Waals surface area contributed by atoms with Crippen LogP contribution < -0.4 is 5.73 Å². The predicted octanol–water partition coefficient (Wildman–Crippen LogP) is 3.58. The third kappa shape index (κ3) is 5.17. The molecular weight excluding hydrogens is 258 g/mol. The molecule has 2 N–H and O–H groups in total. The van der Waals surface area contributed by atoms with Gasteiger partial charge in [-0.25, -0.2) is 8.78 Å². The van der Waals surface area contributed by atoms with Crippen LogP contribution >= 0.6 is 0 Å². The molecule has 0 aliphatic carbocycles. The maximum atomic E-state index is 13.4. The number of nitrogens with two attached hydrogens (primary N) is 1. The van der Waals surface area contributed by atoms with Gasteiger partial charge in [-0.05, 0) is 29.5 Å². The van der Waals surface area contributed by atoms with Crippen molar-refractivity contribution >= 4 is 0 Å². The van der Waals surface area contributed by atoms with Crippen LogP contribution in [0, 0.1) is 23.5 Å². The highest BCUT2D eigenvalue weighted by Gasteiger charge is 2.22. The van der Waals surface area contributed by atoms with Crippen LogP contribution in [0.5, 0.6) is 0 Å². The molecule has 0 bridgehead atoms. The van der Waals surface area contributed by atoms with E-state index < -0.39 is 11.6 Å². The second-order valence-electron chi connectivity index (χ2n) is 6.20. The van der Waals surface area contributed by atoms with Crippen LogP contribution in [0.25, 0.3) is 0 Å². The van der Waals surface area contributed by atoms with E-state index in [1.165, 1.54) is 12.1 Å². The van der Waals surface area contributed by atoms with Crippen molar-refractivity contribution in [1.82, 2.24) is 4.90 Å². The van der Waals surface area contributed by atoms with Crippen molar-refractivity contribution in [2.45, 2.75) is 33.7 Å². The predicted molar refractivity (Wildman–Crippen MR) is 79.4 cm³/mol. The maximum absolute atomic E-state index is 13.4. The van der Waals surface area contributed by atoms with Crippen LogP contribution in [-0.4, -0.2) is 24.5 Å². The zero-order valence-corrected chi connectivity index (χ0v) is 12.9. The van der Waals surface area contributed by atoms with Crippen LogP contribution in [-0.2, 0) is 0 Å². The number of hydrogen-bond acceptors (Lipinski definition) is 2. The molecule has 4 heteroatoms. The third-order valence-electron chi connectivity index (χ3n) is 3.13. The maximum Gasteiger partial charge on any atom is 0.126 e. The number of benzene rings is 1. The Kier molecular flexibility index (Phi) is 6.56. The normalized spacial score (nSPS) is 13.5. The third-order valence-corrected chi connectivity index (χ3v) is 3.13. The quantitative estimate of drug-likeness (QED) is 0.829. The first-order chi connectivity index (χ1) is 9.33. The van der Waals surface area contributed by atoms with Gasteiger partial charge in [-0.15, -0.1) is 0 Å². The van der Waals surface area contributed by atoms with Gasteiger partial charge in [-0.1, -0.05) is 27.7 Å². The van der Waals surface area contributed by atoms with Crippen molar-refractivity contribution in [3.05, 3.63) is 35.4 Å². The highest BCUT2D eigenvalue weighted by Crippen LogP contribution is 2.24. The number of hydrogen-bond donors (Lipinski definition) is 1. The lowest BCUT2D eigenvalue weighted by molar-refractivity contribution is 0.159. The molecule has 20 heavy (non-hydrogen) atoms. The van der Waals surface area contributed by atoms with Gasteiger partial charge in [0.2, 0.25) is 0 Å². The molecule has 0 fully saturated rings. The minimum Gasteiger partial charge on any atom is -0.329 e. The van der Waals surface area contributed by atoms with E-state index in [1.807, 2.05) is 0 Å². The topological polar surface area (TPSA) is 29.3 Å². The number of halogens is 2. The zero-order valence-electron chi connectivity index (χ0n) is 12.9. The molecule has 1 rings (SSSR count). The van der Waals surface area contributed by atoms with Gasteiger partial charge in [0.25, 0.3) is 0 Å². The summed E-state index contributed by atoms with van der Waals surface area (Å²) in [6.07, 6.45) is 0. The molecule has 0 aromatic heterocycles. The average Bonchev–Trinajstić information content (AvgIpc) is 2.26. The van der Waals surface area contributed by atoms with Gasteiger partial charge in [0.05, 0.1) is 0 Å². The summed E-state index contributed by atoms with van der Waals surface area (Å²) in [5.41, 5.74) is 6.49. The molecule has 1 aromatic carbocycles. The van der Waals surface area contributed by atoms with Crippen molar-refractivity contribution in [3.8, 4) is 0 Å². The van der Waals surface area contributed by atoms with Crippen molar-refractivity contribution < 1.29 is 8.78 Å². The minimum absolute atomic E-state index is 0.148. The van der Waals surface area contributed by atoms with E-state index in [1.54, 1.807) is 0 Å². The average molecular weight is 284 g/mol. The molecule has 1 unspecified atom stereocenters. The largest absolute Gasteiger partial charge is 0.329 e. The molecule has 0 radical (unpaired) electrons. The minimum atomic E-state index is -0.549. The Balaban J connectivity index is 3.04. The van der Waals surface area contributed by atoms with Crippen molar-refractivity contribution in [3.63, 3.8) is 0 Å². The molecule has 0 aliphatic heterocycles. The van der Waals surface area contributed by atoms with E-state index in [-0.39, 0.29) is 6.04 Å². The van der Waals surface area contributed by atoms with Gasteiger partial charge in [0.1, 0.15) is 11.6 Å². The first-order valence-corrected chi connectivity index (χ1v) is 7.23. The smallest absolute Gasteiger partial charge is 0.126 e. The molecule has 0 amide bonds. The molecule has 2 nitrogen and oxygen atoms in total. The van der Waals surface area contributed by atoms with E-state index in [2.05, 4.69) is 32.6 Å².